The highest BCUT2D eigenvalue weighted by atomic mass is 35.5. The third-order valence-electron chi connectivity index (χ3n) is 4.22. The number of hydrogen-bond acceptors (Lipinski definition) is 4. The molecule has 0 atom stereocenters. The fourth-order valence-electron chi connectivity index (χ4n) is 3.03. The quantitative estimate of drug-likeness (QED) is 0.482. The maximum atomic E-state index is 14.4. The Hall–Kier alpha value is -2.74. The molecule has 8 heteroatoms. The highest BCUT2D eigenvalue weighted by molar-refractivity contribution is 7.21. The molecule has 0 aliphatic carbocycles. The number of methoxy groups -OCH3 is 1. The number of benzene rings is 2. The van der Waals surface area contributed by atoms with Crippen LogP contribution in [-0.4, -0.2) is 22.8 Å². The zero-order chi connectivity index (χ0) is 19.7. The summed E-state index contributed by atoms with van der Waals surface area (Å²) in [6.07, 6.45) is 3.41. The summed E-state index contributed by atoms with van der Waals surface area (Å²) in [5.41, 5.74) is 1.70. The zero-order valence-corrected chi connectivity index (χ0v) is 16.4. The van der Waals surface area contributed by atoms with Crippen molar-refractivity contribution in [2.75, 3.05) is 12.4 Å². The molecule has 0 saturated heterocycles. The maximum absolute atomic E-state index is 14.4. The van der Waals surface area contributed by atoms with Crippen LogP contribution in [0.1, 0.15) is 15.2 Å². The molecule has 2 aromatic carbocycles. The number of ether oxygens (including phenoxy) is 1. The van der Waals surface area contributed by atoms with E-state index < -0.39 is 0 Å². The number of carbonyl (C=O) groups is 1. The van der Waals surface area contributed by atoms with Gasteiger partial charge in [-0.2, -0.15) is 5.10 Å². The third kappa shape index (κ3) is 3.40. The van der Waals surface area contributed by atoms with Crippen molar-refractivity contribution in [3.8, 4) is 5.69 Å². The minimum atomic E-state index is -0.375. The normalized spacial score (nSPS) is 11.1. The molecule has 0 bridgehead atoms. The van der Waals surface area contributed by atoms with Gasteiger partial charge >= 0.3 is 0 Å². The molecule has 0 saturated carbocycles. The lowest BCUT2D eigenvalue weighted by Gasteiger charge is -2.12. The van der Waals surface area contributed by atoms with Gasteiger partial charge < -0.3 is 10.1 Å². The zero-order valence-electron chi connectivity index (χ0n) is 14.8. The van der Waals surface area contributed by atoms with Crippen molar-refractivity contribution in [1.29, 1.82) is 0 Å². The molecular weight excluding hydrogens is 401 g/mol. The van der Waals surface area contributed by atoms with Crippen LogP contribution in [0.5, 0.6) is 0 Å². The highest BCUT2D eigenvalue weighted by Gasteiger charge is 2.21. The molecule has 2 heterocycles. The van der Waals surface area contributed by atoms with E-state index in [1.54, 1.807) is 53.5 Å². The Balaban J connectivity index is 1.77. The fourth-order valence-corrected chi connectivity index (χ4v) is 4.32. The number of hydrogen-bond donors (Lipinski definition) is 1. The largest absolute Gasteiger partial charge is 0.380 e. The monoisotopic (exact) mass is 415 g/mol. The number of carbonyl (C=O) groups excluding carboxylic acids is 1. The Morgan fingerprint density at radius 2 is 2.18 bits per heavy atom. The van der Waals surface area contributed by atoms with E-state index in [0.717, 1.165) is 0 Å². The SMILES string of the molecule is COCc1c(C(=O)Nc2cc(Cl)ccc2-n2cccn2)sc2cccc(F)c12. The van der Waals surface area contributed by atoms with Crippen molar-refractivity contribution in [2.24, 2.45) is 0 Å². The van der Waals surface area contributed by atoms with Gasteiger partial charge in [0.25, 0.3) is 5.91 Å². The van der Waals surface area contributed by atoms with Crippen LogP contribution in [0.4, 0.5) is 10.1 Å². The molecule has 0 fully saturated rings. The molecule has 2 aromatic heterocycles. The number of nitrogens with one attached hydrogen (secondary N) is 1. The van der Waals surface area contributed by atoms with Crippen molar-refractivity contribution in [3.63, 3.8) is 0 Å². The predicted molar refractivity (Wildman–Crippen MR) is 109 cm³/mol. The molecule has 1 amide bonds. The highest BCUT2D eigenvalue weighted by Crippen LogP contribution is 2.35. The van der Waals surface area contributed by atoms with Crippen LogP contribution in [0.2, 0.25) is 5.02 Å². The average Bonchev–Trinajstić information content (AvgIpc) is 3.31. The second-order valence-corrected chi connectivity index (χ2v) is 7.51. The number of fused-ring (bicyclic) bond motifs is 1. The topological polar surface area (TPSA) is 56.1 Å². The summed E-state index contributed by atoms with van der Waals surface area (Å²) in [5.74, 6) is -0.733. The first-order valence-corrected chi connectivity index (χ1v) is 9.57. The van der Waals surface area contributed by atoms with Crippen LogP contribution >= 0.6 is 22.9 Å². The van der Waals surface area contributed by atoms with Crippen molar-refractivity contribution < 1.29 is 13.9 Å². The van der Waals surface area contributed by atoms with Crippen molar-refractivity contribution in [3.05, 3.63) is 76.1 Å². The summed E-state index contributed by atoms with van der Waals surface area (Å²) in [5, 5.41) is 7.98. The maximum Gasteiger partial charge on any atom is 0.266 e. The molecule has 0 radical (unpaired) electrons. The minimum absolute atomic E-state index is 0.130. The number of amides is 1. The van der Waals surface area contributed by atoms with E-state index in [9.17, 15) is 9.18 Å². The number of rotatable bonds is 5. The Morgan fingerprint density at radius 3 is 2.93 bits per heavy atom. The van der Waals surface area contributed by atoms with Gasteiger partial charge in [-0.05, 0) is 36.4 Å². The number of halogens is 2. The number of aromatic nitrogens is 2. The smallest absolute Gasteiger partial charge is 0.266 e. The molecule has 0 spiro atoms. The summed E-state index contributed by atoms with van der Waals surface area (Å²) >= 11 is 7.35. The lowest BCUT2D eigenvalue weighted by molar-refractivity contribution is 0.102. The first kappa shape index (κ1) is 18.6. The average molecular weight is 416 g/mol. The molecule has 5 nitrogen and oxygen atoms in total. The Kier molecular flexibility index (Phi) is 5.13. The van der Waals surface area contributed by atoms with E-state index >= 15 is 0 Å². The van der Waals surface area contributed by atoms with Crippen LogP contribution < -0.4 is 5.32 Å². The van der Waals surface area contributed by atoms with Gasteiger partial charge in [-0.1, -0.05) is 17.7 Å². The molecule has 28 heavy (non-hydrogen) atoms. The number of thiophene rings is 1. The van der Waals surface area contributed by atoms with Crippen molar-refractivity contribution in [1.82, 2.24) is 9.78 Å². The van der Waals surface area contributed by atoms with E-state index in [2.05, 4.69) is 10.4 Å². The van der Waals surface area contributed by atoms with E-state index in [4.69, 9.17) is 16.3 Å². The summed E-state index contributed by atoms with van der Waals surface area (Å²) in [6.45, 7) is 0.130. The van der Waals surface area contributed by atoms with E-state index in [1.165, 1.54) is 24.5 Å². The van der Waals surface area contributed by atoms with Crippen LogP contribution in [0.25, 0.3) is 15.8 Å². The lowest BCUT2D eigenvalue weighted by atomic mass is 10.1. The molecule has 0 unspecified atom stereocenters. The predicted octanol–water partition coefficient (Wildman–Crippen LogP) is 5.28. The first-order chi connectivity index (χ1) is 13.6. The molecule has 0 aliphatic rings. The molecule has 4 rings (SSSR count). The van der Waals surface area contributed by atoms with E-state index in [1.807, 2.05) is 0 Å². The second kappa shape index (κ2) is 7.71. The van der Waals surface area contributed by atoms with Crippen LogP contribution in [0.3, 0.4) is 0 Å². The Morgan fingerprint density at radius 1 is 1.32 bits per heavy atom. The Labute approximate surface area is 169 Å². The van der Waals surface area contributed by atoms with Crippen molar-refractivity contribution >= 4 is 44.6 Å². The number of nitrogens with zero attached hydrogens (tertiary/aromatic N) is 2. The van der Waals surface area contributed by atoms with Gasteiger partial charge in [-0.25, -0.2) is 9.07 Å². The van der Waals surface area contributed by atoms with Gasteiger partial charge in [-0.3, -0.25) is 4.79 Å². The summed E-state index contributed by atoms with van der Waals surface area (Å²) < 4.78 is 21.9. The molecular formula is C20H15ClFN3O2S. The van der Waals surface area contributed by atoms with Gasteiger partial charge in [-0.15, -0.1) is 11.3 Å². The van der Waals surface area contributed by atoms with Crippen molar-refractivity contribution in [2.45, 2.75) is 6.61 Å². The van der Waals surface area contributed by atoms with Gasteiger partial charge in [0.05, 0.1) is 22.9 Å². The summed E-state index contributed by atoms with van der Waals surface area (Å²) in [7, 11) is 1.51. The Bertz CT molecular complexity index is 1160. The molecule has 4 aromatic rings. The molecule has 142 valence electrons. The lowest BCUT2D eigenvalue weighted by Crippen LogP contribution is -2.14. The van der Waals surface area contributed by atoms with Crippen LogP contribution in [-0.2, 0) is 11.3 Å². The van der Waals surface area contributed by atoms with Gasteiger partial charge in [0.1, 0.15) is 5.82 Å². The molecule has 0 aliphatic heterocycles. The van der Waals surface area contributed by atoms with E-state index in [0.29, 0.717) is 36.9 Å². The van der Waals surface area contributed by atoms with Gasteiger partial charge in [0.2, 0.25) is 0 Å². The minimum Gasteiger partial charge on any atom is -0.380 e. The third-order valence-corrected chi connectivity index (χ3v) is 5.65. The summed E-state index contributed by atoms with van der Waals surface area (Å²) in [4.78, 5) is 13.5. The molecule has 1 N–H and O–H groups in total. The first-order valence-electron chi connectivity index (χ1n) is 8.38. The van der Waals surface area contributed by atoms with Crippen LogP contribution in [0.15, 0.2) is 54.9 Å². The van der Waals surface area contributed by atoms with Crippen LogP contribution in [0, 0.1) is 5.82 Å². The second-order valence-electron chi connectivity index (χ2n) is 6.02. The standard InChI is InChI=1S/C20H15ClFN3O2S/c1-27-11-13-18-14(22)4-2-5-17(18)28-19(13)20(26)24-15-10-12(21)6-7-16(15)25-9-3-8-23-25/h2-10H,11H2,1H3,(H,24,26). The summed E-state index contributed by atoms with van der Waals surface area (Å²) in [6, 6.07) is 11.7. The van der Waals surface area contributed by atoms with E-state index in [-0.39, 0.29) is 18.3 Å². The van der Waals surface area contributed by atoms with Gasteiger partial charge in [0.15, 0.2) is 0 Å². The van der Waals surface area contributed by atoms with Gasteiger partial charge in [0, 0.05) is 40.2 Å². The fraction of sp³-hybridized carbons (Fsp3) is 0.100. The number of anilines is 1.